The minimum absolute atomic E-state index is 0.0736. The second kappa shape index (κ2) is 10.9. The molecule has 32 heavy (non-hydrogen) atoms. The van der Waals surface area contributed by atoms with Crippen LogP contribution in [0, 0.1) is 10.1 Å². The minimum Gasteiger partial charge on any atom is -0.493 e. The minimum atomic E-state index is -0.474. The molecule has 0 aromatic heterocycles. The second-order valence-electron chi connectivity index (χ2n) is 7.43. The molecular formula is C23H29N3O6. The van der Waals surface area contributed by atoms with Crippen LogP contribution < -0.4 is 14.8 Å². The largest absolute Gasteiger partial charge is 0.493 e. The van der Waals surface area contributed by atoms with Crippen LogP contribution in [0.2, 0.25) is 0 Å². The Morgan fingerprint density at radius 1 is 1.22 bits per heavy atom. The van der Waals surface area contributed by atoms with E-state index in [0.717, 1.165) is 18.7 Å². The number of nitro benzene ring substituents is 1. The number of methoxy groups -OCH3 is 1. The number of anilines is 1. The summed E-state index contributed by atoms with van der Waals surface area (Å²) in [7, 11) is 1.60. The maximum Gasteiger partial charge on any atom is 0.293 e. The highest BCUT2D eigenvalue weighted by Gasteiger charge is 2.25. The van der Waals surface area contributed by atoms with Gasteiger partial charge in [0.05, 0.1) is 37.9 Å². The quantitative estimate of drug-likeness (QED) is 0.337. The molecule has 2 aromatic rings. The van der Waals surface area contributed by atoms with Gasteiger partial charge in [-0.25, -0.2) is 0 Å². The molecule has 1 atom stereocenters. The molecule has 1 saturated heterocycles. The Balaban J connectivity index is 1.89. The van der Waals surface area contributed by atoms with Gasteiger partial charge in [-0.05, 0) is 43.7 Å². The van der Waals surface area contributed by atoms with Gasteiger partial charge in [0.15, 0.2) is 17.3 Å². The Morgan fingerprint density at radius 3 is 2.59 bits per heavy atom. The van der Waals surface area contributed by atoms with Gasteiger partial charge < -0.3 is 19.5 Å². The highest BCUT2D eigenvalue weighted by Crippen LogP contribution is 2.34. The summed E-state index contributed by atoms with van der Waals surface area (Å²) in [6.07, 6.45) is 0. The first-order valence-corrected chi connectivity index (χ1v) is 10.6. The molecule has 0 amide bonds. The molecule has 9 nitrogen and oxygen atoms in total. The SMILES string of the molecule is CCOc1ccc(C(CNc2ccc(C(C)=O)cc2[N+](=O)[O-])N2CCOCC2)cc1OC. The average molecular weight is 444 g/mol. The zero-order valence-corrected chi connectivity index (χ0v) is 18.6. The second-order valence-corrected chi connectivity index (χ2v) is 7.43. The van der Waals surface area contributed by atoms with E-state index in [0.29, 0.717) is 49.1 Å². The highest BCUT2D eigenvalue weighted by molar-refractivity contribution is 5.95. The molecule has 172 valence electrons. The lowest BCUT2D eigenvalue weighted by atomic mass is 10.0. The third kappa shape index (κ3) is 5.54. The van der Waals surface area contributed by atoms with Crippen molar-refractivity contribution >= 4 is 17.2 Å². The van der Waals surface area contributed by atoms with Crippen LogP contribution >= 0.6 is 0 Å². The summed E-state index contributed by atoms with van der Waals surface area (Å²) in [4.78, 5) is 25.0. The van der Waals surface area contributed by atoms with Crippen LogP contribution in [0.1, 0.15) is 35.8 Å². The van der Waals surface area contributed by atoms with E-state index in [4.69, 9.17) is 14.2 Å². The van der Waals surface area contributed by atoms with Gasteiger partial charge in [0.1, 0.15) is 5.69 Å². The first-order valence-electron chi connectivity index (χ1n) is 10.6. The maximum absolute atomic E-state index is 11.6. The summed E-state index contributed by atoms with van der Waals surface area (Å²) in [6, 6.07) is 10.2. The third-order valence-electron chi connectivity index (χ3n) is 5.45. The Kier molecular flexibility index (Phi) is 8.02. The Bertz CT molecular complexity index is 959. The van der Waals surface area contributed by atoms with E-state index >= 15 is 0 Å². The van der Waals surface area contributed by atoms with Crippen molar-refractivity contribution in [3.05, 3.63) is 57.6 Å². The number of hydrogen-bond donors (Lipinski definition) is 1. The Hall–Kier alpha value is -3.17. The van der Waals surface area contributed by atoms with E-state index in [2.05, 4.69) is 10.2 Å². The predicted molar refractivity (Wildman–Crippen MR) is 121 cm³/mol. The Labute approximate surface area is 187 Å². The van der Waals surface area contributed by atoms with Gasteiger partial charge in [-0.1, -0.05) is 6.07 Å². The summed E-state index contributed by atoms with van der Waals surface area (Å²) in [5, 5.41) is 14.8. The van der Waals surface area contributed by atoms with Crippen molar-refractivity contribution in [1.29, 1.82) is 0 Å². The van der Waals surface area contributed by atoms with Crippen molar-refractivity contribution in [2.24, 2.45) is 0 Å². The number of ketones is 1. The van der Waals surface area contributed by atoms with Crippen LogP contribution in [-0.2, 0) is 4.74 Å². The number of carbonyl (C=O) groups excluding carboxylic acids is 1. The molecule has 0 radical (unpaired) electrons. The smallest absolute Gasteiger partial charge is 0.293 e. The van der Waals surface area contributed by atoms with Crippen molar-refractivity contribution in [1.82, 2.24) is 4.90 Å². The highest BCUT2D eigenvalue weighted by atomic mass is 16.6. The lowest BCUT2D eigenvalue weighted by Gasteiger charge is -2.35. The molecule has 1 fully saturated rings. The lowest BCUT2D eigenvalue weighted by Crippen LogP contribution is -2.41. The Morgan fingerprint density at radius 2 is 1.97 bits per heavy atom. The van der Waals surface area contributed by atoms with Crippen LogP contribution in [-0.4, -0.2) is 62.2 Å². The van der Waals surface area contributed by atoms with Crippen molar-refractivity contribution < 1.29 is 23.9 Å². The van der Waals surface area contributed by atoms with Crippen molar-refractivity contribution in [2.75, 3.05) is 51.9 Å². The number of ether oxygens (including phenoxy) is 3. The van der Waals surface area contributed by atoms with Gasteiger partial charge in [0, 0.05) is 31.3 Å². The summed E-state index contributed by atoms with van der Waals surface area (Å²) in [5.41, 5.74) is 1.56. The average Bonchev–Trinajstić information content (AvgIpc) is 2.80. The van der Waals surface area contributed by atoms with Crippen molar-refractivity contribution in [3.63, 3.8) is 0 Å². The molecule has 3 rings (SSSR count). The standard InChI is InChI=1S/C23H29N3O6/c1-4-32-22-8-6-18(14-23(22)30-3)21(25-9-11-31-12-10-25)15-24-19-7-5-17(16(2)27)13-20(19)26(28)29/h5-8,13-14,21,24H,4,9-12,15H2,1-3H3. The molecule has 0 aliphatic carbocycles. The predicted octanol–water partition coefficient (Wildman–Crippen LogP) is 3.69. The number of hydrogen-bond acceptors (Lipinski definition) is 8. The van der Waals surface area contributed by atoms with E-state index in [1.54, 1.807) is 19.2 Å². The van der Waals surface area contributed by atoms with Crippen LogP contribution in [0.25, 0.3) is 0 Å². The molecule has 0 saturated carbocycles. The first kappa shape index (κ1) is 23.5. The van der Waals surface area contributed by atoms with Crippen LogP contribution in [0.4, 0.5) is 11.4 Å². The van der Waals surface area contributed by atoms with Gasteiger partial charge in [-0.15, -0.1) is 0 Å². The van der Waals surface area contributed by atoms with E-state index < -0.39 is 4.92 Å². The number of nitrogens with one attached hydrogen (secondary N) is 1. The number of rotatable bonds is 10. The zero-order valence-electron chi connectivity index (χ0n) is 18.6. The van der Waals surface area contributed by atoms with Crippen LogP contribution in [0.3, 0.4) is 0 Å². The summed E-state index contributed by atoms with van der Waals surface area (Å²) in [6.45, 7) is 7.00. The van der Waals surface area contributed by atoms with Gasteiger partial charge in [-0.2, -0.15) is 0 Å². The lowest BCUT2D eigenvalue weighted by molar-refractivity contribution is -0.384. The molecule has 9 heteroatoms. The van der Waals surface area contributed by atoms with E-state index in [-0.39, 0.29) is 17.5 Å². The zero-order chi connectivity index (χ0) is 23.1. The number of morpholine rings is 1. The fourth-order valence-electron chi connectivity index (χ4n) is 3.77. The van der Waals surface area contributed by atoms with Gasteiger partial charge in [0.25, 0.3) is 5.69 Å². The fourth-order valence-corrected chi connectivity index (χ4v) is 3.77. The molecule has 1 N–H and O–H groups in total. The van der Waals surface area contributed by atoms with Gasteiger partial charge in [0.2, 0.25) is 0 Å². The normalized spacial score (nSPS) is 15.1. The maximum atomic E-state index is 11.6. The fraction of sp³-hybridized carbons (Fsp3) is 0.435. The number of benzene rings is 2. The van der Waals surface area contributed by atoms with Crippen molar-refractivity contribution in [2.45, 2.75) is 19.9 Å². The topological polar surface area (TPSA) is 103 Å². The molecule has 1 aliphatic rings. The third-order valence-corrected chi connectivity index (χ3v) is 5.45. The van der Waals surface area contributed by atoms with E-state index in [1.165, 1.54) is 13.0 Å². The summed E-state index contributed by atoms with van der Waals surface area (Å²) < 4.78 is 16.7. The molecule has 1 aliphatic heterocycles. The van der Waals surface area contributed by atoms with Crippen LogP contribution in [0.5, 0.6) is 11.5 Å². The first-order chi connectivity index (χ1) is 15.4. The molecule has 1 heterocycles. The summed E-state index contributed by atoms with van der Waals surface area (Å²) >= 11 is 0. The molecule has 1 unspecified atom stereocenters. The molecule has 0 spiro atoms. The summed E-state index contributed by atoms with van der Waals surface area (Å²) in [5.74, 6) is 1.09. The number of nitro groups is 1. The van der Waals surface area contributed by atoms with E-state index in [1.807, 2.05) is 25.1 Å². The number of carbonyl (C=O) groups is 1. The number of nitrogens with zero attached hydrogens (tertiary/aromatic N) is 2. The molecule has 2 aromatic carbocycles. The number of Topliss-reactive ketones (excluding diaryl/α,β-unsaturated/α-hetero) is 1. The monoisotopic (exact) mass is 443 g/mol. The van der Waals surface area contributed by atoms with Gasteiger partial charge >= 0.3 is 0 Å². The molecule has 0 bridgehead atoms. The van der Waals surface area contributed by atoms with Crippen LogP contribution in [0.15, 0.2) is 36.4 Å². The van der Waals surface area contributed by atoms with Crippen molar-refractivity contribution in [3.8, 4) is 11.5 Å². The van der Waals surface area contributed by atoms with E-state index in [9.17, 15) is 14.9 Å². The molecular weight excluding hydrogens is 414 g/mol. The van der Waals surface area contributed by atoms with Gasteiger partial charge in [-0.3, -0.25) is 19.8 Å².